The van der Waals surface area contributed by atoms with Crippen molar-refractivity contribution < 1.29 is 19.0 Å². The van der Waals surface area contributed by atoms with Gasteiger partial charge in [0.25, 0.3) is 0 Å². The summed E-state index contributed by atoms with van der Waals surface area (Å²) in [5.74, 6) is 0.0922. The molecule has 1 aromatic carbocycles. The number of rotatable bonds is 5. The molecule has 0 radical (unpaired) electrons. The third-order valence-corrected chi connectivity index (χ3v) is 4.14. The Morgan fingerprint density at radius 1 is 1.40 bits per heavy atom. The van der Waals surface area contributed by atoms with E-state index in [9.17, 15) is 14.3 Å². The predicted octanol–water partition coefficient (Wildman–Crippen LogP) is 1.20. The van der Waals surface area contributed by atoms with E-state index in [-0.39, 0.29) is 25.5 Å². The van der Waals surface area contributed by atoms with Crippen LogP contribution in [0.5, 0.6) is 0 Å². The molecule has 0 aliphatic carbocycles. The third-order valence-electron chi connectivity index (χ3n) is 4.14. The van der Waals surface area contributed by atoms with Crippen LogP contribution in [0.1, 0.15) is 24.3 Å². The highest BCUT2D eigenvalue weighted by Gasteiger charge is 2.33. The fraction of sp³-hybridized carbons (Fsp3) is 0.412. The van der Waals surface area contributed by atoms with Gasteiger partial charge in [-0.15, -0.1) is 0 Å². The Labute approximate surface area is 143 Å². The number of benzene rings is 1. The number of nitrogens with zero attached hydrogens (tertiary/aromatic N) is 2. The maximum Gasteiger partial charge on any atom is 0.349 e. The number of hydrogen-bond donors (Lipinski definition) is 2. The largest absolute Gasteiger partial charge is 0.383 e. The van der Waals surface area contributed by atoms with Crippen LogP contribution in [0.4, 0.5) is 10.2 Å². The van der Waals surface area contributed by atoms with Crippen molar-refractivity contribution in [2.75, 3.05) is 18.9 Å². The van der Waals surface area contributed by atoms with E-state index < -0.39 is 30.3 Å². The Hall–Kier alpha value is -2.29. The lowest BCUT2D eigenvalue weighted by Crippen LogP contribution is -2.42. The van der Waals surface area contributed by atoms with E-state index >= 15 is 0 Å². The molecule has 3 N–H and O–H groups in total. The fourth-order valence-corrected chi connectivity index (χ4v) is 2.78. The van der Waals surface area contributed by atoms with Gasteiger partial charge in [-0.1, -0.05) is 30.3 Å². The zero-order valence-electron chi connectivity index (χ0n) is 13.5. The number of halogens is 1. The van der Waals surface area contributed by atoms with Crippen LogP contribution in [0.25, 0.3) is 0 Å². The highest BCUT2D eigenvalue weighted by molar-refractivity contribution is 5.23. The van der Waals surface area contributed by atoms with Crippen molar-refractivity contribution in [2.24, 2.45) is 0 Å². The van der Waals surface area contributed by atoms with E-state index in [4.69, 9.17) is 15.2 Å². The van der Waals surface area contributed by atoms with Crippen LogP contribution in [0.2, 0.25) is 0 Å². The van der Waals surface area contributed by atoms with Crippen LogP contribution in [0.3, 0.4) is 0 Å². The molecule has 1 aliphatic heterocycles. The van der Waals surface area contributed by atoms with Crippen molar-refractivity contribution in [3.63, 3.8) is 0 Å². The van der Waals surface area contributed by atoms with Gasteiger partial charge in [0.2, 0.25) is 0 Å². The van der Waals surface area contributed by atoms with Crippen molar-refractivity contribution in [3.8, 4) is 0 Å². The molecule has 0 amide bonds. The molecule has 0 bridgehead atoms. The third kappa shape index (κ3) is 4.22. The van der Waals surface area contributed by atoms with Crippen LogP contribution in [0.15, 0.2) is 47.4 Å². The van der Waals surface area contributed by atoms with Gasteiger partial charge in [-0.05, 0) is 6.07 Å². The minimum atomic E-state index is -1.29. The molecule has 4 atom stereocenters. The number of nitrogens with two attached hydrogens (primary N) is 1. The average molecular weight is 349 g/mol. The first-order valence-electron chi connectivity index (χ1n) is 7.99. The van der Waals surface area contributed by atoms with Crippen molar-refractivity contribution in [2.45, 2.75) is 31.0 Å². The van der Waals surface area contributed by atoms with Crippen LogP contribution in [0, 0.1) is 0 Å². The summed E-state index contributed by atoms with van der Waals surface area (Å²) in [5.41, 5.74) is 5.45. The van der Waals surface area contributed by atoms with Crippen LogP contribution in [-0.4, -0.2) is 40.1 Å². The molecule has 1 fully saturated rings. The molecule has 2 aromatic rings. The van der Waals surface area contributed by atoms with E-state index in [0.29, 0.717) is 5.56 Å². The summed E-state index contributed by atoms with van der Waals surface area (Å²) < 4.78 is 26.6. The minimum Gasteiger partial charge on any atom is -0.383 e. The topological polar surface area (TPSA) is 99.6 Å². The van der Waals surface area contributed by atoms with Gasteiger partial charge in [-0.25, -0.2) is 9.18 Å². The molecule has 7 nitrogen and oxygen atoms in total. The predicted molar refractivity (Wildman–Crippen MR) is 88.6 cm³/mol. The molecule has 25 heavy (non-hydrogen) atoms. The maximum absolute atomic E-state index is 14.5. The SMILES string of the molecule is Nc1ccn(C2CO[C@H](COC(O)c3ccccc3)CC2F)c(=O)n1. The summed E-state index contributed by atoms with van der Waals surface area (Å²) in [6, 6.07) is 9.58. The van der Waals surface area contributed by atoms with Crippen molar-refractivity contribution >= 4 is 5.82 Å². The summed E-state index contributed by atoms with van der Waals surface area (Å²) in [6.45, 7) is 0.0697. The van der Waals surface area contributed by atoms with E-state index in [2.05, 4.69) is 4.98 Å². The zero-order chi connectivity index (χ0) is 17.8. The Morgan fingerprint density at radius 3 is 2.84 bits per heavy atom. The maximum atomic E-state index is 14.5. The highest BCUT2D eigenvalue weighted by Crippen LogP contribution is 2.27. The number of aliphatic hydroxyl groups excluding tert-OH is 1. The lowest BCUT2D eigenvalue weighted by atomic mass is 10.0. The van der Waals surface area contributed by atoms with Gasteiger partial charge in [0, 0.05) is 18.2 Å². The summed E-state index contributed by atoms with van der Waals surface area (Å²) in [6.07, 6.45) is -1.41. The van der Waals surface area contributed by atoms with Gasteiger partial charge in [-0.2, -0.15) is 4.98 Å². The summed E-state index contributed by atoms with van der Waals surface area (Å²) in [4.78, 5) is 15.4. The van der Waals surface area contributed by atoms with Gasteiger partial charge in [0.05, 0.1) is 25.4 Å². The second-order valence-corrected chi connectivity index (χ2v) is 5.91. The molecular weight excluding hydrogens is 329 g/mol. The Balaban J connectivity index is 1.56. The highest BCUT2D eigenvalue weighted by atomic mass is 19.1. The molecule has 1 aromatic heterocycles. The Bertz CT molecular complexity index is 755. The molecule has 8 heteroatoms. The van der Waals surface area contributed by atoms with Gasteiger partial charge >= 0.3 is 5.69 Å². The normalized spacial score (nSPS) is 24.8. The summed E-state index contributed by atoms with van der Waals surface area (Å²) in [7, 11) is 0. The average Bonchev–Trinajstić information content (AvgIpc) is 2.61. The number of hydrogen-bond acceptors (Lipinski definition) is 6. The lowest BCUT2D eigenvalue weighted by Gasteiger charge is -2.33. The molecular formula is C17H20FN3O4. The number of aromatic nitrogens is 2. The van der Waals surface area contributed by atoms with Crippen LogP contribution >= 0.6 is 0 Å². The Morgan fingerprint density at radius 2 is 2.16 bits per heavy atom. The smallest absolute Gasteiger partial charge is 0.349 e. The summed E-state index contributed by atoms with van der Waals surface area (Å²) >= 11 is 0. The first-order chi connectivity index (χ1) is 12.0. The fourth-order valence-electron chi connectivity index (χ4n) is 2.78. The van der Waals surface area contributed by atoms with Gasteiger partial charge in [0.1, 0.15) is 12.0 Å². The second kappa shape index (κ2) is 7.73. The quantitative estimate of drug-likeness (QED) is 0.787. The number of nitrogen functional groups attached to an aromatic ring is 1. The second-order valence-electron chi connectivity index (χ2n) is 5.91. The van der Waals surface area contributed by atoms with E-state index in [0.717, 1.165) is 0 Å². The Kier molecular flexibility index (Phi) is 5.42. The monoisotopic (exact) mass is 349 g/mol. The molecule has 3 rings (SSSR count). The van der Waals surface area contributed by atoms with Crippen LogP contribution < -0.4 is 11.4 Å². The van der Waals surface area contributed by atoms with Crippen LogP contribution in [-0.2, 0) is 9.47 Å². The van der Waals surface area contributed by atoms with Gasteiger partial charge in [-0.3, -0.25) is 4.57 Å². The van der Waals surface area contributed by atoms with Crippen molar-refractivity contribution in [1.82, 2.24) is 9.55 Å². The number of alkyl halides is 1. The van der Waals surface area contributed by atoms with Gasteiger partial charge < -0.3 is 20.3 Å². The molecule has 1 saturated heterocycles. The zero-order valence-corrected chi connectivity index (χ0v) is 13.5. The van der Waals surface area contributed by atoms with Crippen molar-refractivity contribution in [1.29, 1.82) is 0 Å². The van der Waals surface area contributed by atoms with E-state index in [1.807, 2.05) is 6.07 Å². The summed E-state index contributed by atoms with van der Waals surface area (Å²) in [5, 5.41) is 9.97. The number of aliphatic hydroxyl groups is 1. The first kappa shape index (κ1) is 17.5. The number of anilines is 1. The molecule has 1 aliphatic rings. The lowest BCUT2D eigenvalue weighted by molar-refractivity contribution is -0.153. The molecule has 3 unspecified atom stereocenters. The number of ether oxygens (including phenoxy) is 2. The minimum absolute atomic E-state index is 0.0160. The van der Waals surface area contributed by atoms with Crippen molar-refractivity contribution in [3.05, 3.63) is 58.6 Å². The van der Waals surface area contributed by atoms with E-state index in [1.54, 1.807) is 24.3 Å². The first-order valence-corrected chi connectivity index (χ1v) is 7.99. The van der Waals surface area contributed by atoms with E-state index in [1.165, 1.54) is 16.8 Å². The standard InChI is InChI=1S/C17H20FN3O4/c18-13-8-12(9-25-16(22)11-4-2-1-3-5-11)24-10-14(13)21-7-6-15(19)20-17(21)23/h1-7,12-14,16,22H,8-10H2,(H2,19,20,23)/t12-,13?,14?,16?/m0/s1. The van der Waals surface area contributed by atoms with Gasteiger partial charge in [0.15, 0.2) is 6.29 Å². The molecule has 0 spiro atoms. The molecule has 0 saturated carbocycles. The molecule has 134 valence electrons. The molecule has 2 heterocycles.